The summed E-state index contributed by atoms with van der Waals surface area (Å²) in [6.07, 6.45) is -0.820. The average Bonchev–Trinajstić information content (AvgIpc) is 3.05. The van der Waals surface area contributed by atoms with Crippen molar-refractivity contribution in [2.24, 2.45) is 11.8 Å². The summed E-state index contributed by atoms with van der Waals surface area (Å²) in [7, 11) is 0. The van der Waals surface area contributed by atoms with Gasteiger partial charge in [0.25, 0.3) is 5.22 Å². The number of β-lactam (4-membered cyclic amide) rings is 1. The van der Waals surface area contributed by atoms with Crippen molar-refractivity contribution in [3.8, 4) is 0 Å². The van der Waals surface area contributed by atoms with Crippen molar-refractivity contribution in [3.05, 3.63) is 34.9 Å². The predicted molar refractivity (Wildman–Crippen MR) is 89.5 cm³/mol. The molecule has 3 heterocycles. The van der Waals surface area contributed by atoms with Crippen LogP contribution in [-0.2, 0) is 9.59 Å². The third-order valence-electron chi connectivity index (χ3n) is 4.78. The highest BCUT2D eigenvalue weighted by Crippen LogP contribution is 2.51. The number of para-hydroxylation sites is 2. The van der Waals surface area contributed by atoms with Gasteiger partial charge >= 0.3 is 5.97 Å². The molecule has 4 atom stereocenters. The maximum Gasteiger partial charge on any atom is 0.353 e. The average molecular weight is 360 g/mol. The summed E-state index contributed by atoms with van der Waals surface area (Å²) in [4.78, 5) is 30.2. The van der Waals surface area contributed by atoms with E-state index < -0.39 is 18.0 Å². The number of carboxylic acid groups (broad SMARTS) is 1. The molecule has 7 nitrogen and oxygen atoms in total. The first kappa shape index (κ1) is 16.2. The number of carboxylic acids is 1. The van der Waals surface area contributed by atoms with Crippen molar-refractivity contribution >= 4 is 34.7 Å². The molecule has 1 saturated heterocycles. The first-order valence-corrected chi connectivity index (χ1v) is 8.74. The molecule has 4 rings (SSSR count). The van der Waals surface area contributed by atoms with Crippen LogP contribution in [0.4, 0.5) is 0 Å². The highest BCUT2D eigenvalue weighted by Gasteiger charge is 2.60. The Morgan fingerprint density at radius 2 is 2.12 bits per heavy atom. The van der Waals surface area contributed by atoms with Crippen LogP contribution in [0.2, 0.25) is 0 Å². The van der Waals surface area contributed by atoms with Crippen LogP contribution in [0.15, 0.2) is 44.5 Å². The van der Waals surface area contributed by atoms with Gasteiger partial charge in [-0.2, -0.15) is 0 Å². The van der Waals surface area contributed by atoms with Crippen LogP contribution in [0.1, 0.15) is 13.8 Å². The zero-order chi connectivity index (χ0) is 17.9. The van der Waals surface area contributed by atoms with Crippen molar-refractivity contribution in [1.29, 1.82) is 0 Å². The number of hydrogen-bond acceptors (Lipinski definition) is 6. The van der Waals surface area contributed by atoms with Crippen LogP contribution in [-0.4, -0.2) is 44.1 Å². The number of rotatable bonds is 4. The summed E-state index contributed by atoms with van der Waals surface area (Å²) in [5, 5.41) is 19.8. The zero-order valence-electron chi connectivity index (χ0n) is 13.5. The fourth-order valence-corrected chi connectivity index (χ4v) is 4.72. The van der Waals surface area contributed by atoms with Crippen LogP contribution in [0, 0.1) is 11.8 Å². The van der Waals surface area contributed by atoms with E-state index >= 15 is 0 Å². The summed E-state index contributed by atoms with van der Waals surface area (Å²) in [6.45, 7) is 3.42. The minimum absolute atomic E-state index is 0.0355. The maximum atomic E-state index is 12.3. The largest absolute Gasteiger partial charge is 0.477 e. The molecule has 0 unspecified atom stereocenters. The Morgan fingerprint density at radius 3 is 2.76 bits per heavy atom. The molecule has 1 aromatic heterocycles. The topological polar surface area (TPSA) is 104 Å². The zero-order valence-corrected chi connectivity index (χ0v) is 14.4. The van der Waals surface area contributed by atoms with Gasteiger partial charge in [-0.3, -0.25) is 4.79 Å². The van der Waals surface area contributed by atoms with Gasteiger partial charge < -0.3 is 19.5 Å². The molecule has 0 aliphatic carbocycles. The van der Waals surface area contributed by atoms with Gasteiger partial charge in [0.15, 0.2) is 5.58 Å². The highest BCUT2D eigenvalue weighted by molar-refractivity contribution is 8.03. The fourth-order valence-electron chi connectivity index (χ4n) is 3.65. The number of fused-ring (bicyclic) bond motifs is 2. The van der Waals surface area contributed by atoms with Crippen LogP contribution >= 0.6 is 11.8 Å². The lowest BCUT2D eigenvalue weighted by molar-refractivity contribution is -0.163. The Bertz CT molecular complexity index is 886. The highest BCUT2D eigenvalue weighted by atomic mass is 32.2. The van der Waals surface area contributed by atoms with Gasteiger partial charge in [0.2, 0.25) is 5.91 Å². The molecule has 1 amide bonds. The van der Waals surface area contributed by atoms with E-state index in [-0.39, 0.29) is 23.6 Å². The fraction of sp³-hybridized carbons (Fsp3) is 0.353. The number of carbonyl (C=O) groups is 2. The molecule has 2 N–H and O–H groups in total. The van der Waals surface area contributed by atoms with Gasteiger partial charge in [0, 0.05) is 10.8 Å². The van der Waals surface area contributed by atoms with Crippen molar-refractivity contribution in [2.45, 2.75) is 31.2 Å². The van der Waals surface area contributed by atoms with E-state index in [0.717, 1.165) is 11.8 Å². The number of carbonyl (C=O) groups excluding carboxylic acids is 1. The van der Waals surface area contributed by atoms with Crippen molar-refractivity contribution in [1.82, 2.24) is 9.88 Å². The second kappa shape index (κ2) is 5.60. The van der Waals surface area contributed by atoms with Gasteiger partial charge in [-0.05, 0) is 30.8 Å². The molecule has 2 aliphatic heterocycles. The smallest absolute Gasteiger partial charge is 0.353 e. The number of aliphatic hydroxyl groups excluding tert-OH is 1. The number of aliphatic carboxylic acids is 1. The third kappa shape index (κ3) is 2.28. The molecule has 8 heteroatoms. The standard InChI is InChI=1S/C17H16N2O5S/c1-7-12-11(8(2)20)15(21)19(12)13(16(22)23)14(7)25-17-18-9-5-3-4-6-10(9)24-17/h3-8,11-12,20H,1-2H3,(H,22,23)/t7-,8-,11-,12-/m1/s1. The number of hydrogen-bond donors (Lipinski definition) is 2. The summed E-state index contributed by atoms with van der Waals surface area (Å²) < 4.78 is 5.67. The van der Waals surface area contributed by atoms with Gasteiger partial charge in [-0.1, -0.05) is 19.1 Å². The Kier molecular flexibility index (Phi) is 3.62. The van der Waals surface area contributed by atoms with Crippen LogP contribution in [0.25, 0.3) is 11.1 Å². The quantitative estimate of drug-likeness (QED) is 0.804. The summed E-state index contributed by atoms with van der Waals surface area (Å²) in [5.41, 5.74) is 1.27. The first-order chi connectivity index (χ1) is 11.9. The predicted octanol–water partition coefficient (Wildman–Crippen LogP) is 2.07. The summed E-state index contributed by atoms with van der Waals surface area (Å²) in [6, 6.07) is 6.94. The molecule has 0 radical (unpaired) electrons. The second-order valence-electron chi connectivity index (χ2n) is 6.32. The first-order valence-electron chi connectivity index (χ1n) is 7.92. The number of aromatic nitrogens is 1. The summed E-state index contributed by atoms with van der Waals surface area (Å²) >= 11 is 1.13. The molecule has 0 spiro atoms. The second-order valence-corrected chi connectivity index (χ2v) is 7.31. The number of thioether (sulfide) groups is 1. The van der Waals surface area contributed by atoms with E-state index in [2.05, 4.69) is 4.98 Å². The van der Waals surface area contributed by atoms with E-state index in [9.17, 15) is 19.8 Å². The van der Waals surface area contributed by atoms with E-state index in [1.54, 1.807) is 13.0 Å². The van der Waals surface area contributed by atoms with E-state index in [0.29, 0.717) is 21.2 Å². The third-order valence-corrected chi connectivity index (χ3v) is 5.92. The lowest BCUT2D eigenvalue weighted by atomic mass is 9.79. The summed E-state index contributed by atoms with van der Waals surface area (Å²) in [5.74, 6) is -2.31. The van der Waals surface area contributed by atoms with Gasteiger partial charge in [-0.15, -0.1) is 0 Å². The lowest BCUT2D eigenvalue weighted by Gasteiger charge is -2.46. The lowest BCUT2D eigenvalue weighted by Crippen LogP contribution is -2.63. The molecule has 1 aromatic carbocycles. The Morgan fingerprint density at radius 1 is 1.40 bits per heavy atom. The van der Waals surface area contributed by atoms with Gasteiger partial charge in [-0.25, -0.2) is 9.78 Å². The molecule has 130 valence electrons. The minimum atomic E-state index is -1.16. The Labute approximate surface area is 147 Å². The Hall–Kier alpha value is -2.32. The SMILES string of the molecule is C[C@@H](O)[C@H]1C(=O)N2C(C(=O)O)=C(Sc3nc4ccccc4o3)[C@H](C)[C@H]12. The Balaban J connectivity index is 1.72. The van der Waals surface area contributed by atoms with Crippen LogP contribution < -0.4 is 0 Å². The molecule has 2 aromatic rings. The van der Waals surface area contributed by atoms with Gasteiger partial charge in [0.05, 0.1) is 18.1 Å². The monoisotopic (exact) mass is 360 g/mol. The minimum Gasteiger partial charge on any atom is -0.477 e. The van der Waals surface area contributed by atoms with Gasteiger partial charge in [0.1, 0.15) is 11.2 Å². The van der Waals surface area contributed by atoms with Crippen LogP contribution in [0.5, 0.6) is 0 Å². The number of oxazole rings is 1. The van der Waals surface area contributed by atoms with Crippen LogP contribution in [0.3, 0.4) is 0 Å². The van der Waals surface area contributed by atoms with Crippen molar-refractivity contribution < 1.29 is 24.2 Å². The molecule has 0 saturated carbocycles. The number of nitrogens with zero attached hydrogens (tertiary/aromatic N) is 2. The molecule has 0 bridgehead atoms. The van der Waals surface area contributed by atoms with E-state index in [1.807, 2.05) is 25.1 Å². The molecule has 2 aliphatic rings. The molecule has 1 fully saturated rings. The molecule has 25 heavy (non-hydrogen) atoms. The van der Waals surface area contributed by atoms with E-state index in [1.165, 1.54) is 4.90 Å². The number of amides is 1. The molecular weight excluding hydrogens is 344 g/mol. The maximum absolute atomic E-state index is 12.3. The number of benzene rings is 1. The van der Waals surface area contributed by atoms with Crippen molar-refractivity contribution in [2.75, 3.05) is 0 Å². The normalized spacial score (nSPS) is 26.8. The van der Waals surface area contributed by atoms with Crippen molar-refractivity contribution in [3.63, 3.8) is 0 Å². The molecular formula is C17H16N2O5S. The van der Waals surface area contributed by atoms with E-state index in [4.69, 9.17) is 4.42 Å². The number of aliphatic hydroxyl groups is 1.